The SMILES string of the molecule is CN1C([C@]2(c3cccc(-n4cc5c(C(F)(F)F)cc(CN6CCC(F)CC6)cn5c4=O)c3)C[C@H](C)C2)NNC12CCCCCCCC2. The maximum Gasteiger partial charge on any atom is 0.418 e. The lowest BCUT2D eigenvalue weighted by Gasteiger charge is -2.53. The zero-order valence-electron chi connectivity index (χ0n) is 27.6. The summed E-state index contributed by atoms with van der Waals surface area (Å²) < 4.78 is 59.4. The topological polar surface area (TPSA) is 57.0 Å². The number of likely N-dealkylation sites (tertiary alicyclic amines) is 1. The zero-order valence-corrected chi connectivity index (χ0v) is 27.6. The van der Waals surface area contributed by atoms with Gasteiger partial charge in [-0.2, -0.15) is 13.2 Å². The number of nitrogens with zero attached hydrogens (tertiary/aromatic N) is 4. The number of piperidine rings is 1. The van der Waals surface area contributed by atoms with E-state index in [2.05, 4.69) is 35.8 Å². The molecule has 2 saturated carbocycles. The fourth-order valence-electron chi connectivity index (χ4n) is 9.12. The molecule has 1 spiro atoms. The molecule has 256 valence electrons. The molecule has 7 nitrogen and oxygen atoms in total. The third-order valence-corrected chi connectivity index (χ3v) is 11.6. The Morgan fingerprint density at radius 3 is 2.30 bits per heavy atom. The van der Waals surface area contributed by atoms with Crippen LogP contribution in [0.25, 0.3) is 11.2 Å². The van der Waals surface area contributed by atoms with Crippen LogP contribution in [-0.2, 0) is 18.1 Å². The number of benzene rings is 1. The van der Waals surface area contributed by atoms with Crippen LogP contribution in [0.2, 0.25) is 0 Å². The molecule has 3 aromatic rings. The van der Waals surface area contributed by atoms with Crippen molar-refractivity contribution in [3.05, 3.63) is 69.9 Å². The van der Waals surface area contributed by atoms with E-state index in [1.165, 1.54) is 55.5 Å². The molecular formula is C36H48F4N6O. The lowest BCUT2D eigenvalue weighted by Crippen LogP contribution is -2.60. The van der Waals surface area contributed by atoms with Gasteiger partial charge >= 0.3 is 11.9 Å². The van der Waals surface area contributed by atoms with Gasteiger partial charge in [0.25, 0.3) is 0 Å². The number of hydrazine groups is 1. The molecule has 47 heavy (non-hydrogen) atoms. The smallest absolute Gasteiger partial charge is 0.299 e. The second-order valence-corrected chi connectivity index (χ2v) is 14.9. The van der Waals surface area contributed by atoms with Gasteiger partial charge in [0.05, 0.1) is 28.6 Å². The fraction of sp³-hybridized carbons (Fsp3) is 0.639. The molecule has 2 aliphatic carbocycles. The standard InChI is InChI=1S/C36H48F4N6O/c1-25-20-34(21-25,32-41-42-35(43(32)2)14-7-5-3-4-6-8-15-35)27-10-9-11-29(19-27)45-24-31-30(36(38,39)40)18-26(23-46(31)33(45)47)22-44-16-12-28(37)13-17-44/h9-11,18-19,23-25,28,32,41-42H,3-8,12-17,20-22H2,1-2H3/t25-,32?,34+. The molecule has 0 radical (unpaired) electrons. The maximum atomic E-state index is 14.4. The number of fused-ring (bicyclic) bond motifs is 1. The second kappa shape index (κ2) is 12.6. The normalized spacial score (nSPS) is 28.3. The van der Waals surface area contributed by atoms with Gasteiger partial charge in [0, 0.05) is 37.4 Å². The molecule has 2 saturated heterocycles. The van der Waals surface area contributed by atoms with Crippen molar-refractivity contribution in [2.75, 3.05) is 20.1 Å². The minimum Gasteiger partial charge on any atom is -0.299 e. The Hall–Kier alpha value is -2.73. The first-order valence-corrected chi connectivity index (χ1v) is 17.6. The minimum atomic E-state index is -4.64. The van der Waals surface area contributed by atoms with Crippen LogP contribution in [-0.4, -0.2) is 56.9 Å². The van der Waals surface area contributed by atoms with E-state index in [0.29, 0.717) is 43.1 Å². The molecule has 7 rings (SSSR count). The molecule has 2 aliphatic heterocycles. The number of hydrogen-bond donors (Lipinski definition) is 2. The van der Waals surface area contributed by atoms with Crippen LogP contribution in [0.1, 0.15) is 101 Å². The largest absolute Gasteiger partial charge is 0.418 e. The number of likely N-dealkylation sites (N-methyl/N-ethyl adjacent to an activating group) is 1. The number of pyridine rings is 1. The van der Waals surface area contributed by atoms with Crippen LogP contribution in [0, 0.1) is 5.92 Å². The third kappa shape index (κ3) is 6.06. The lowest BCUT2D eigenvalue weighted by atomic mass is 9.57. The quantitative estimate of drug-likeness (QED) is 0.293. The third-order valence-electron chi connectivity index (χ3n) is 11.6. The van der Waals surface area contributed by atoms with Gasteiger partial charge in [0.15, 0.2) is 0 Å². The van der Waals surface area contributed by atoms with E-state index in [1.54, 1.807) is 6.07 Å². The zero-order chi connectivity index (χ0) is 33.0. The van der Waals surface area contributed by atoms with Crippen molar-refractivity contribution >= 4 is 5.52 Å². The van der Waals surface area contributed by atoms with Crippen molar-refractivity contribution in [1.29, 1.82) is 0 Å². The molecule has 0 bridgehead atoms. The Kier molecular flexibility index (Phi) is 8.81. The average Bonchev–Trinajstić information content (AvgIpc) is 3.57. The van der Waals surface area contributed by atoms with E-state index < -0.39 is 23.6 Å². The van der Waals surface area contributed by atoms with Crippen LogP contribution in [0.15, 0.2) is 47.5 Å². The number of nitrogens with one attached hydrogen (secondary N) is 2. The van der Waals surface area contributed by atoms with Gasteiger partial charge < -0.3 is 0 Å². The molecule has 2 aromatic heterocycles. The van der Waals surface area contributed by atoms with Crippen molar-refractivity contribution in [2.24, 2.45) is 5.92 Å². The Bertz CT molecular complexity index is 1620. The number of imidazole rings is 1. The monoisotopic (exact) mass is 656 g/mol. The highest BCUT2D eigenvalue weighted by molar-refractivity contribution is 5.58. The molecule has 4 aliphatic rings. The summed E-state index contributed by atoms with van der Waals surface area (Å²) in [7, 11) is 2.23. The lowest BCUT2D eigenvalue weighted by molar-refractivity contribution is -0.136. The fourth-order valence-corrected chi connectivity index (χ4v) is 9.12. The van der Waals surface area contributed by atoms with Gasteiger partial charge in [0.2, 0.25) is 0 Å². The summed E-state index contributed by atoms with van der Waals surface area (Å²) in [5, 5.41) is 0. The van der Waals surface area contributed by atoms with Crippen molar-refractivity contribution in [1.82, 2.24) is 29.6 Å². The van der Waals surface area contributed by atoms with Crippen molar-refractivity contribution in [2.45, 2.75) is 120 Å². The van der Waals surface area contributed by atoms with Gasteiger partial charge in [-0.25, -0.2) is 20.0 Å². The summed E-state index contributed by atoms with van der Waals surface area (Å²) >= 11 is 0. The Balaban J connectivity index is 1.23. The highest BCUT2D eigenvalue weighted by atomic mass is 19.4. The predicted molar refractivity (Wildman–Crippen MR) is 175 cm³/mol. The molecule has 4 fully saturated rings. The van der Waals surface area contributed by atoms with Gasteiger partial charge in [-0.3, -0.25) is 18.8 Å². The summed E-state index contributed by atoms with van der Waals surface area (Å²) in [5.41, 5.74) is 7.63. The molecule has 1 unspecified atom stereocenters. The summed E-state index contributed by atoms with van der Waals surface area (Å²) in [6, 6.07) is 8.99. The average molecular weight is 657 g/mol. The Morgan fingerprint density at radius 1 is 0.957 bits per heavy atom. The Labute approximate surface area is 274 Å². The van der Waals surface area contributed by atoms with E-state index in [9.17, 15) is 22.4 Å². The highest BCUT2D eigenvalue weighted by Crippen LogP contribution is 2.53. The molecule has 2 N–H and O–H groups in total. The number of rotatable bonds is 5. The van der Waals surface area contributed by atoms with E-state index >= 15 is 0 Å². The molecule has 4 heterocycles. The second-order valence-electron chi connectivity index (χ2n) is 14.9. The summed E-state index contributed by atoms with van der Waals surface area (Å²) in [4.78, 5) is 18.3. The molecule has 0 amide bonds. The van der Waals surface area contributed by atoms with Crippen LogP contribution in [0.4, 0.5) is 17.6 Å². The highest BCUT2D eigenvalue weighted by Gasteiger charge is 2.57. The number of alkyl halides is 4. The van der Waals surface area contributed by atoms with E-state index in [0.717, 1.165) is 41.7 Å². The van der Waals surface area contributed by atoms with Crippen molar-refractivity contribution < 1.29 is 17.6 Å². The predicted octanol–water partition coefficient (Wildman–Crippen LogP) is 6.91. The number of halogens is 4. The molecular weight excluding hydrogens is 608 g/mol. The first-order chi connectivity index (χ1) is 22.5. The molecule has 11 heteroatoms. The van der Waals surface area contributed by atoms with Crippen LogP contribution < -0.4 is 16.5 Å². The summed E-state index contributed by atoms with van der Waals surface area (Å²) in [6.07, 6.45) is 9.70. The Morgan fingerprint density at radius 2 is 1.64 bits per heavy atom. The summed E-state index contributed by atoms with van der Waals surface area (Å²) in [5.74, 6) is 0.536. The summed E-state index contributed by atoms with van der Waals surface area (Å²) in [6.45, 7) is 3.45. The van der Waals surface area contributed by atoms with E-state index in [4.69, 9.17) is 0 Å². The first-order valence-electron chi connectivity index (χ1n) is 17.6. The maximum absolute atomic E-state index is 14.4. The van der Waals surface area contributed by atoms with Gasteiger partial charge in [0.1, 0.15) is 6.17 Å². The van der Waals surface area contributed by atoms with E-state index in [-0.39, 0.29) is 29.3 Å². The van der Waals surface area contributed by atoms with Gasteiger partial charge in [-0.15, -0.1) is 0 Å². The first kappa shape index (κ1) is 32.8. The van der Waals surface area contributed by atoms with Gasteiger partial charge in [-0.05, 0) is 80.8 Å². The minimum absolute atomic E-state index is 0.0430. The molecule has 1 aromatic carbocycles. The van der Waals surface area contributed by atoms with Crippen molar-refractivity contribution in [3.63, 3.8) is 0 Å². The van der Waals surface area contributed by atoms with E-state index in [1.807, 2.05) is 17.0 Å². The molecule has 1 atom stereocenters. The van der Waals surface area contributed by atoms with Crippen LogP contribution in [0.3, 0.4) is 0 Å². The number of hydrogen-bond acceptors (Lipinski definition) is 5. The van der Waals surface area contributed by atoms with Gasteiger partial charge in [-0.1, -0.05) is 57.6 Å². The van der Waals surface area contributed by atoms with Crippen LogP contribution >= 0.6 is 0 Å². The van der Waals surface area contributed by atoms with Crippen LogP contribution in [0.5, 0.6) is 0 Å². The van der Waals surface area contributed by atoms with Crippen molar-refractivity contribution in [3.8, 4) is 5.69 Å². The number of aromatic nitrogens is 2.